The maximum absolute atomic E-state index is 6.08. The highest BCUT2D eigenvalue weighted by Crippen LogP contribution is 2.47. The zero-order chi connectivity index (χ0) is 28.2. The Morgan fingerprint density at radius 1 is 0.738 bits per heavy atom. The van der Waals surface area contributed by atoms with Crippen LogP contribution in [0.5, 0.6) is 0 Å². The van der Waals surface area contributed by atoms with Gasteiger partial charge < -0.3 is 4.42 Å². The fraction of sp³-hybridized carbons (Fsp3) is 0.0263. The van der Waals surface area contributed by atoms with E-state index in [4.69, 9.17) is 9.40 Å². The average Bonchev–Trinajstić information content (AvgIpc) is 3.56. The zero-order valence-corrected chi connectivity index (χ0v) is 23.2. The van der Waals surface area contributed by atoms with Crippen LogP contribution in [-0.2, 0) is 0 Å². The van der Waals surface area contributed by atoms with Gasteiger partial charge in [0.1, 0.15) is 11.3 Å². The van der Waals surface area contributed by atoms with Crippen LogP contribution in [0.2, 0.25) is 0 Å². The number of para-hydroxylation sites is 4. The molecule has 8 rings (SSSR count). The fourth-order valence-electron chi connectivity index (χ4n) is 6.16. The van der Waals surface area contributed by atoms with Crippen molar-refractivity contribution in [3.8, 4) is 27.9 Å². The molecular formula is C38H27N3O. The number of hydrogen-bond donors (Lipinski definition) is 0. The predicted molar refractivity (Wildman–Crippen MR) is 175 cm³/mol. The topological polar surface area (TPSA) is 34.2 Å². The van der Waals surface area contributed by atoms with Crippen molar-refractivity contribution >= 4 is 51.5 Å². The molecule has 0 N–H and O–H groups in total. The van der Waals surface area contributed by atoms with Crippen molar-refractivity contribution in [1.82, 2.24) is 9.55 Å². The molecule has 4 nitrogen and oxygen atoms in total. The van der Waals surface area contributed by atoms with Crippen LogP contribution in [-0.4, -0.2) is 9.55 Å². The summed E-state index contributed by atoms with van der Waals surface area (Å²) >= 11 is 0. The summed E-state index contributed by atoms with van der Waals surface area (Å²) in [5.41, 5.74) is 11.8. The Hall–Kier alpha value is -5.61. The van der Waals surface area contributed by atoms with Crippen LogP contribution in [0.25, 0.3) is 62.1 Å². The second kappa shape index (κ2) is 9.50. The molecule has 1 aliphatic rings. The van der Waals surface area contributed by atoms with Crippen LogP contribution in [0.15, 0.2) is 132 Å². The first kappa shape index (κ1) is 24.2. The molecule has 0 radical (unpaired) electrons. The minimum atomic E-state index is 0.832. The molecule has 0 aliphatic carbocycles. The van der Waals surface area contributed by atoms with E-state index < -0.39 is 0 Å². The van der Waals surface area contributed by atoms with Gasteiger partial charge in [-0.05, 0) is 72.7 Å². The number of imidazole rings is 1. The number of furan rings is 1. The number of allylic oxidation sites excluding steroid dienone is 1. The SMILES string of the molecule is C=Cc1c(/C=C\C)oc2ccc(-c3ccc(N4c5ccccc5-c5ccccc5-n5c4nc4ccccc45)cc3)cc12. The monoisotopic (exact) mass is 541 g/mol. The minimum Gasteiger partial charge on any atom is -0.456 e. The van der Waals surface area contributed by atoms with Gasteiger partial charge in [0.25, 0.3) is 0 Å². The van der Waals surface area contributed by atoms with Gasteiger partial charge in [-0.3, -0.25) is 9.47 Å². The van der Waals surface area contributed by atoms with E-state index in [1.54, 1.807) is 0 Å². The van der Waals surface area contributed by atoms with Crippen LogP contribution in [0.1, 0.15) is 18.2 Å². The van der Waals surface area contributed by atoms with E-state index >= 15 is 0 Å². The van der Waals surface area contributed by atoms with E-state index in [-0.39, 0.29) is 0 Å². The summed E-state index contributed by atoms with van der Waals surface area (Å²) in [7, 11) is 0. The molecule has 0 saturated heterocycles. The summed E-state index contributed by atoms with van der Waals surface area (Å²) in [6.07, 6.45) is 5.84. The van der Waals surface area contributed by atoms with Gasteiger partial charge in [0.05, 0.1) is 22.4 Å². The molecule has 2 aromatic heterocycles. The summed E-state index contributed by atoms with van der Waals surface area (Å²) < 4.78 is 8.36. The van der Waals surface area contributed by atoms with Gasteiger partial charge in [-0.2, -0.15) is 0 Å². The molecule has 200 valence electrons. The quantitative estimate of drug-likeness (QED) is 0.222. The van der Waals surface area contributed by atoms with Crippen molar-refractivity contribution in [3.63, 3.8) is 0 Å². The molecular weight excluding hydrogens is 514 g/mol. The van der Waals surface area contributed by atoms with E-state index in [0.717, 1.165) is 67.5 Å². The van der Waals surface area contributed by atoms with Crippen molar-refractivity contribution in [2.45, 2.75) is 6.92 Å². The number of benzene rings is 5. The number of anilines is 3. The Balaban J connectivity index is 1.30. The van der Waals surface area contributed by atoms with Crippen LogP contribution >= 0.6 is 0 Å². The standard InChI is InChI=1S/C38H27N3O/c1-3-11-36-28(4-2)31-24-26(20-23-37(31)42-36)25-18-21-27(22-19-25)40-33-15-8-5-12-29(33)30-13-6-9-16-34(30)41-35-17-10-7-14-32(35)39-38(40)41/h3-24H,2H2,1H3/b11-3-. The zero-order valence-electron chi connectivity index (χ0n) is 23.2. The first-order valence-corrected chi connectivity index (χ1v) is 14.1. The summed E-state index contributed by atoms with van der Waals surface area (Å²) in [6, 6.07) is 40.6. The molecule has 0 amide bonds. The molecule has 5 aromatic carbocycles. The smallest absolute Gasteiger partial charge is 0.220 e. The van der Waals surface area contributed by atoms with Crippen molar-refractivity contribution in [2.24, 2.45) is 0 Å². The molecule has 4 heteroatoms. The Kier molecular flexibility index (Phi) is 5.47. The second-order valence-electron chi connectivity index (χ2n) is 10.4. The van der Waals surface area contributed by atoms with Crippen LogP contribution < -0.4 is 4.90 Å². The number of fused-ring (bicyclic) bond motifs is 8. The molecule has 0 bridgehead atoms. The van der Waals surface area contributed by atoms with Gasteiger partial charge in [-0.15, -0.1) is 0 Å². The maximum atomic E-state index is 6.08. The lowest BCUT2D eigenvalue weighted by Crippen LogP contribution is -2.14. The molecule has 0 fully saturated rings. The largest absolute Gasteiger partial charge is 0.456 e. The highest BCUT2D eigenvalue weighted by molar-refractivity contribution is 5.97. The van der Waals surface area contributed by atoms with Crippen LogP contribution in [0, 0.1) is 0 Å². The Labute approximate surface area is 244 Å². The van der Waals surface area contributed by atoms with Crippen molar-refractivity contribution in [3.05, 3.63) is 139 Å². The summed E-state index contributed by atoms with van der Waals surface area (Å²) in [5.74, 6) is 1.70. The Bertz CT molecular complexity index is 2180. The molecule has 7 aromatic rings. The lowest BCUT2D eigenvalue weighted by Gasteiger charge is -2.24. The molecule has 0 saturated carbocycles. The Morgan fingerprint density at radius 2 is 1.43 bits per heavy atom. The Morgan fingerprint density at radius 3 is 2.21 bits per heavy atom. The summed E-state index contributed by atoms with van der Waals surface area (Å²) in [5, 5.41) is 1.06. The number of rotatable bonds is 4. The first-order chi connectivity index (χ1) is 20.7. The van der Waals surface area contributed by atoms with Crippen LogP contribution in [0.3, 0.4) is 0 Å². The predicted octanol–water partition coefficient (Wildman–Crippen LogP) is 10.6. The van der Waals surface area contributed by atoms with Crippen LogP contribution in [0.4, 0.5) is 17.3 Å². The highest BCUT2D eigenvalue weighted by Gasteiger charge is 2.28. The van der Waals surface area contributed by atoms with E-state index in [2.05, 4.69) is 119 Å². The normalized spacial score (nSPS) is 12.4. The van der Waals surface area contributed by atoms with Gasteiger partial charge in [0.2, 0.25) is 5.95 Å². The van der Waals surface area contributed by atoms with Crippen molar-refractivity contribution in [2.75, 3.05) is 4.90 Å². The number of aromatic nitrogens is 2. The lowest BCUT2D eigenvalue weighted by atomic mass is 10.00. The van der Waals surface area contributed by atoms with Gasteiger partial charge in [-0.1, -0.05) is 85.5 Å². The van der Waals surface area contributed by atoms with Gasteiger partial charge in [0.15, 0.2) is 0 Å². The fourth-order valence-corrected chi connectivity index (χ4v) is 6.16. The average molecular weight is 542 g/mol. The summed E-state index contributed by atoms with van der Waals surface area (Å²) in [4.78, 5) is 7.46. The van der Waals surface area contributed by atoms with Gasteiger partial charge in [0, 0.05) is 27.8 Å². The molecule has 42 heavy (non-hydrogen) atoms. The minimum absolute atomic E-state index is 0.832. The van der Waals surface area contributed by atoms with E-state index in [1.165, 1.54) is 11.1 Å². The van der Waals surface area contributed by atoms with E-state index in [1.807, 2.05) is 37.3 Å². The van der Waals surface area contributed by atoms with E-state index in [0.29, 0.717) is 0 Å². The lowest BCUT2D eigenvalue weighted by molar-refractivity contribution is 0.603. The highest BCUT2D eigenvalue weighted by atomic mass is 16.3. The number of hydrogen-bond acceptors (Lipinski definition) is 3. The molecule has 0 atom stereocenters. The third-order valence-corrected chi connectivity index (χ3v) is 8.06. The van der Waals surface area contributed by atoms with Gasteiger partial charge in [-0.25, -0.2) is 4.98 Å². The molecule has 0 unspecified atom stereocenters. The number of nitrogens with zero attached hydrogens (tertiary/aromatic N) is 3. The third kappa shape index (κ3) is 3.59. The van der Waals surface area contributed by atoms with Crippen molar-refractivity contribution < 1.29 is 4.42 Å². The van der Waals surface area contributed by atoms with Gasteiger partial charge >= 0.3 is 0 Å². The third-order valence-electron chi connectivity index (χ3n) is 8.06. The second-order valence-corrected chi connectivity index (χ2v) is 10.4. The molecule has 0 spiro atoms. The molecule has 3 heterocycles. The first-order valence-electron chi connectivity index (χ1n) is 14.1. The molecule has 1 aliphatic heterocycles. The van der Waals surface area contributed by atoms with Crippen molar-refractivity contribution in [1.29, 1.82) is 0 Å². The summed E-state index contributed by atoms with van der Waals surface area (Å²) in [6.45, 7) is 6.02. The van der Waals surface area contributed by atoms with E-state index in [9.17, 15) is 0 Å². The maximum Gasteiger partial charge on any atom is 0.220 e.